The zero-order chi connectivity index (χ0) is 20.5. The fourth-order valence-corrected chi connectivity index (χ4v) is 3.83. The largest absolute Gasteiger partial charge is 0.368 e. The van der Waals surface area contributed by atoms with Crippen LogP contribution in [0.15, 0.2) is 48.5 Å². The van der Waals surface area contributed by atoms with Crippen molar-refractivity contribution >= 4 is 17.0 Å². The molecule has 0 bridgehead atoms. The Kier molecular flexibility index (Phi) is 4.73. The summed E-state index contributed by atoms with van der Waals surface area (Å²) in [6.07, 6.45) is 0.589. The molecule has 6 heteroatoms. The van der Waals surface area contributed by atoms with Gasteiger partial charge in [0.05, 0.1) is 28.7 Å². The molecule has 144 valence electrons. The van der Waals surface area contributed by atoms with Crippen LogP contribution < -0.4 is 5.73 Å². The van der Waals surface area contributed by atoms with Gasteiger partial charge in [0.2, 0.25) is 5.95 Å². The van der Waals surface area contributed by atoms with Gasteiger partial charge in [-0.15, -0.1) is 0 Å². The van der Waals surface area contributed by atoms with Gasteiger partial charge in [0.15, 0.2) is 0 Å². The van der Waals surface area contributed by atoms with Gasteiger partial charge < -0.3 is 10.3 Å². The molecule has 0 amide bonds. The normalized spacial score (nSPS) is 12.1. The first kappa shape index (κ1) is 18.6. The Morgan fingerprint density at radius 1 is 1.03 bits per heavy atom. The molecule has 2 heterocycles. The van der Waals surface area contributed by atoms with Gasteiger partial charge in [-0.25, -0.2) is 15.0 Å². The summed E-state index contributed by atoms with van der Waals surface area (Å²) >= 11 is 0. The van der Waals surface area contributed by atoms with E-state index < -0.39 is 0 Å². The lowest BCUT2D eigenvalue weighted by Gasteiger charge is -2.19. The Labute approximate surface area is 169 Å². The summed E-state index contributed by atoms with van der Waals surface area (Å²) in [5, 5.41) is 9.38. The van der Waals surface area contributed by atoms with Crippen molar-refractivity contribution < 1.29 is 0 Å². The highest BCUT2D eigenvalue weighted by Crippen LogP contribution is 2.29. The molecule has 0 radical (unpaired) electrons. The van der Waals surface area contributed by atoms with Crippen LogP contribution >= 0.6 is 0 Å². The van der Waals surface area contributed by atoms with Crippen molar-refractivity contribution in [2.45, 2.75) is 33.2 Å². The van der Waals surface area contributed by atoms with E-state index >= 15 is 0 Å². The van der Waals surface area contributed by atoms with Crippen molar-refractivity contribution in [1.82, 2.24) is 19.5 Å². The summed E-state index contributed by atoms with van der Waals surface area (Å²) in [6.45, 7) is 6.04. The monoisotopic (exact) mass is 382 g/mol. The summed E-state index contributed by atoms with van der Waals surface area (Å²) in [5.41, 5.74) is 12.2. The molecule has 2 aromatic carbocycles. The van der Waals surface area contributed by atoms with Crippen LogP contribution in [0, 0.1) is 25.2 Å². The van der Waals surface area contributed by atoms with Gasteiger partial charge in [-0.2, -0.15) is 5.26 Å². The lowest BCUT2D eigenvalue weighted by molar-refractivity contribution is 0.625. The number of hydrogen-bond acceptors (Lipinski definition) is 5. The number of rotatable bonds is 4. The number of fused-ring (bicyclic) bond motifs is 1. The van der Waals surface area contributed by atoms with Crippen LogP contribution in [-0.2, 0) is 6.42 Å². The fraction of sp³-hybridized carbons (Fsp3) is 0.217. The topological polar surface area (TPSA) is 93.4 Å². The van der Waals surface area contributed by atoms with Crippen LogP contribution in [0.1, 0.15) is 46.9 Å². The number of imidazole rings is 1. The predicted octanol–water partition coefficient (Wildman–Crippen LogP) is 4.10. The molecule has 0 saturated carbocycles. The molecule has 0 aliphatic heterocycles. The maximum atomic E-state index is 9.38. The van der Waals surface area contributed by atoms with Gasteiger partial charge in [0.25, 0.3) is 0 Å². The lowest BCUT2D eigenvalue weighted by Crippen LogP contribution is -2.13. The molecule has 0 unspecified atom stereocenters. The smallest absolute Gasteiger partial charge is 0.220 e. The standard InChI is InChI=1S/C23H22N6/c1-14-19(15(2)27-23(25)26-14)12-22-28-20-10-9-17(13-24)11-21(20)29(22)16(3)18-7-5-4-6-8-18/h4-11,16H,12H2,1-3H3,(H2,25,26,27)/t16-/m0/s1. The molecule has 6 nitrogen and oxygen atoms in total. The molecule has 0 fully saturated rings. The highest BCUT2D eigenvalue weighted by molar-refractivity contribution is 5.78. The number of aryl methyl sites for hydroxylation is 2. The summed E-state index contributed by atoms with van der Waals surface area (Å²) in [6, 6.07) is 18.2. The summed E-state index contributed by atoms with van der Waals surface area (Å²) in [4.78, 5) is 13.6. The number of nitrogen functional groups attached to an aromatic ring is 1. The van der Waals surface area contributed by atoms with Crippen molar-refractivity contribution in [3.63, 3.8) is 0 Å². The number of nitrogens with zero attached hydrogens (tertiary/aromatic N) is 5. The first-order chi connectivity index (χ1) is 14.0. The van der Waals surface area contributed by atoms with Crippen LogP contribution in [0.25, 0.3) is 11.0 Å². The van der Waals surface area contributed by atoms with Crippen LogP contribution in [-0.4, -0.2) is 19.5 Å². The number of nitrogens with two attached hydrogens (primary N) is 1. The Morgan fingerprint density at radius 2 is 1.72 bits per heavy atom. The Morgan fingerprint density at radius 3 is 2.38 bits per heavy atom. The average molecular weight is 382 g/mol. The quantitative estimate of drug-likeness (QED) is 0.573. The predicted molar refractivity (Wildman–Crippen MR) is 113 cm³/mol. The summed E-state index contributed by atoms with van der Waals surface area (Å²) in [5.74, 6) is 1.19. The SMILES string of the molecule is Cc1nc(N)nc(C)c1Cc1nc2ccc(C#N)cc2n1[C@@H](C)c1ccccc1. The molecule has 0 aliphatic rings. The maximum Gasteiger partial charge on any atom is 0.220 e. The molecule has 29 heavy (non-hydrogen) atoms. The molecule has 4 aromatic rings. The second-order valence-corrected chi connectivity index (χ2v) is 7.21. The van der Waals surface area contributed by atoms with Crippen molar-refractivity contribution in [2.75, 3.05) is 5.73 Å². The first-order valence-electron chi connectivity index (χ1n) is 9.53. The molecule has 1 atom stereocenters. The van der Waals surface area contributed by atoms with Gasteiger partial charge in [-0.1, -0.05) is 30.3 Å². The van der Waals surface area contributed by atoms with Gasteiger partial charge >= 0.3 is 0 Å². The average Bonchev–Trinajstić information content (AvgIpc) is 3.07. The molecule has 2 aromatic heterocycles. The van der Waals surface area contributed by atoms with E-state index in [0.29, 0.717) is 12.0 Å². The Balaban J connectivity index is 1.91. The zero-order valence-corrected chi connectivity index (χ0v) is 16.7. The second-order valence-electron chi connectivity index (χ2n) is 7.21. The van der Waals surface area contributed by atoms with Crippen molar-refractivity contribution in [3.05, 3.63) is 82.4 Å². The number of hydrogen-bond donors (Lipinski definition) is 1. The van der Waals surface area contributed by atoms with Crippen LogP contribution in [0.4, 0.5) is 5.95 Å². The summed E-state index contributed by atoms with van der Waals surface area (Å²) < 4.78 is 2.21. The first-order valence-corrected chi connectivity index (χ1v) is 9.53. The van der Waals surface area contributed by atoms with E-state index in [1.54, 1.807) is 6.07 Å². The van der Waals surface area contributed by atoms with Gasteiger partial charge in [-0.05, 0) is 44.5 Å². The van der Waals surface area contributed by atoms with Crippen LogP contribution in [0.5, 0.6) is 0 Å². The van der Waals surface area contributed by atoms with Gasteiger partial charge in [-0.3, -0.25) is 0 Å². The highest BCUT2D eigenvalue weighted by atomic mass is 15.1. The highest BCUT2D eigenvalue weighted by Gasteiger charge is 2.20. The molecule has 0 spiro atoms. The van der Waals surface area contributed by atoms with E-state index in [4.69, 9.17) is 10.7 Å². The molecule has 4 rings (SSSR count). The van der Waals surface area contributed by atoms with Gasteiger partial charge in [0.1, 0.15) is 5.82 Å². The third kappa shape index (κ3) is 3.43. The number of nitriles is 1. The third-order valence-electron chi connectivity index (χ3n) is 5.33. The van der Waals surface area contributed by atoms with Gasteiger partial charge in [0, 0.05) is 23.4 Å². The second kappa shape index (κ2) is 7.36. The zero-order valence-electron chi connectivity index (χ0n) is 16.7. The van der Waals surface area contributed by atoms with Crippen LogP contribution in [0.3, 0.4) is 0 Å². The number of aromatic nitrogens is 4. The number of benzene rings is 2. The van der Waals surface area contributed by atoms with Crippen molar-refractivity contribution in [1.29, 1.82) is 5.26 Å². The van der Waals surface area contributed by atoms with E-state index in [2.05, 4.69) is 39.7 Å². The molecule has 2 N–H and O–H groups in total. The molecule has 0 aliphatic carbocycles. The minimum absolute atomic E-state index is 0.0560. The Hall–Kier alpha value is -3.72. The minimum atomic E-state index is 0.0560. The van der Waals surface area contributed by atoms with Crippen molar-refractivity contribution in [2.24, 2.45) is 0 Å². The molecular weight excluding hydrogens is 360 g/mol. The molecule has 0 saturated heterocycles. The third-order valence-corrected chi connectivity index (χ3v) is 5.33. The fourth-order valence-electron chi connectivity index (χ4n) is 3.83. The van der Waals surface area contributed by atoms with E-state index in [0.717, 1.165) is 33.8 Å². The van der Waals surface area contributed by atoms with E-state index in [1.165, 1.54) is 5.56 Å². The van der Waals surface area contributed by atoms with E-state index in [1.807, 2.05) is 44.2 Å². The molecular formula is C23H22N6. The van der Waals surface area contributed by atoms with E-state index in [9.17, 15) is 5.26 Å². The van der Waals surface area contributed by atoms with E-state index in [-0.39, 0.29) is 12.0 Å². The Bertz CT molecular complexity index is 1210. The van der Waals surface area contributed by atoms with Crippen molar-refractivity contribution in [3.8, 4) is 6.07 Å². The maximum absolute atomic E-state index is 9.38. The lowest BCUT2D eigenvalue weighted by atomic mass is 10.1. The number of anilines is 1. The summed E-state index contributed by atoms with van der Waals surface area (Å²) in [7, 11) is 0. The minimum Gasteiger partial charge on any atom is -0.368 e. The van der Waals surface area contributed by atoms with Crippen LogP contribution in [0.2, 0.25) is 0 Å².